The first-order valence-electron chi connectivity index (χ1n) is 12.0. The summed E-state index contributed by atoms with van der Waals surface area (Å²) in [6.45, 7) is 4.47. The molecule has 4 atom stereocenters. The Balaban J connectivity index is 1.51. The van der Waals surface area contributed by atoms with E-state index in [0.717, 1.165) is 39.1 Å². The van der Waals surface area contributed by atoms with Crippen LogP contribution in [0.2, 0.25) is 0 Å². The number of aryl methyl sites for hydroxylation is 2. The molecule has 11 nitrogen and oxygen atoms in total. The van der Waals surface area contributed by atoms with Crippen LogP contribution in [0.25, 0.3) is 0 Å². The molecule has 0 bridgehead atoms. The number of phosphoric ester groups is 1. The largest absolute Gasteiger partial charge is 0.475 e. The predicted molar refractivity (Wildman–Crippen MR) is 137 cm³/mol. The molecule has 2 heterocycles. The van der Waals surface area contributed by atoms with Crippen molar-refractivity contribution in [3.63, 3.8) is 0 Å². The van der Waals surface area contributed by atoms with Gasteiger partial charge < -0.3 is 14.9 Å². The van der Waals surface area contributed by atoms with Crippen molar-refractivity contribution in [2.24, 2.45) is 0 Å². The van der Waals surface area contributed by atoms with Crippen molar-refractivity contribution in [3.8, 4) is 0 Å². The molecule has 1 fully saturated rings. The van der Waals surface area contributed by atoms with Crippen molar-refractivity contribution >= 4 is 7.82 Å². The molecule has 3 aromatic rings. The summed E-state index contributed by atoms with van der Waals surface area (Å²) >= 11 is 0. The summed E-state index contributed by atoms with van der Waals surface area (Å²) in [4.78, 5) is 25.8. The number of H-pyrrole nitrogens is 1. The molecule has 2 aromatic carbocycles. The molecule has 0 amide bonds. The van der Waals surface area contributed by atoms with E-state index in [-0.39, 0.29) is 13.2 Å². The number of nitrogens with zero attached hydrogens (tertiary/aromatic N) is 1. The van der Waals surface area contributed by atoms with E-state index in [0.29, 0.717) is 0 Å². The number of aromatic nitrogens is 2. The van der Waals surface area contributed by atoms with Crippen molar-refractivity contribution in [1.29, 1.82) is 0 Å². The Morgan fingerprint density at radius 3 is 2.05 bits per heavy atom. The van der Waals surface area contributed by atoms with Crippen molar-refractivity contribution in [1.82, 2.24) is 9.55 Å². The Bertz CT molecular complexity index is 1380. The van der Waals surface area contributed by atoms with Gasteiger partial charge in [-0.2, -0.15) is 0 Å². The van der Waals surface area contributed by atoms with Gasteiger partial charge >= 0.3 is 13.5 Å². The molecular weight excluding hydrogens is 515 g/mol. The van der Waals surface area contributed by atoms with Crippen LogP contribution in [0.15, 0.2) is 70.4 Å². The minimum atomic E-state index is -4.21. The second-order valence-corrected chi connectivity index (χ2v) is 11.0. The summed E-state index contributed by atoms with van der Waals surface area (Å²) in [7, 11) is -4.21. The number of aliphatic hydroxyl groups excluding tert-OH is 1. The van der Waals surface area contributed by atoms with E-state index in [1.165, 1.54) is 6.92 Å². The molecule has 0 unspecified atom stereocenters. The minimum absolute atomic E-state index is 0.0566. The van der Waals surface area contributed by atoms with Crippen molar-refractivity contribution < 1.29 is 33.1 Å². The Labute approximate surface area is 219 Å². The number of rotatable bonds is 10. The zero-order chi connectivity index (χ0) is 27.5. The summed E-state index contributed by atoms with van der Waals surface area (Å²) in [5.41, 5.74) is 0.0360. The van der Waals surface area contributed by atoms with Crippen LogP contribution in [0.4, 0.5) is 0 Å². The highest BCUT2D eigenvalue weighted by Crippen LogP contribution is 2.52. The smallest absolute Gasteiger partial charge is 0.387 e. The summed E-state index contributed by atoms with van der Waals surface area (Å²) in [6, 6.07) is 15.9. The standard InChI is InChI=1S/C26H31N2O9P/c1-17-8-4-6-10-19(17)14-34-38(33,35-15-20-11-7-5-9-18(20)2)36-16-21-23(30)26(3,32)24(37-21)28-13-12-22(29)27-25(28)31/h4-13,21,23-24,30,32H,14-16H2,1-3H3,(H,27,29,31)/t21-,23-,24-,26-/m1/s1. The van der Waals surface area contributed by atoms with Crippen LogP contribution < -0.4 is 11.2 Å². The maximum absolute atomic E-state index is 13.7. The zero-order valence-corrected chi connectivity index (χ0v) is 22.2. The minimum Gasteiger partial charge on any atom is -0.387 e. The topological polar surface area (TPSA) is 149 Å². The first kappa shape index (κ1) is 28.1. The van der Waals surface area contributed by atoms with Crippen LogP contribution >= 0.6 is 7.82 Å². The third-order valence-electron chi connectivity index (χ3n) is 6.53. The Morgan fingerprint density at radius 2 is 1.53 bits per heavy atom. The average molecular weight is 547 g/mol. The van der Waals surface area contributed by atoms with Crippen LogP contribution in [0.5, 0.6) is 0 Å². The van der Waals surface area contributed by atoms with E-state index in [1.54, 1.807) is 0 Å². The Kier molecular flexibility index (Phi) is 8.49. The van der Waals surface area contributed by atoms with Crippen molar-refractivity contribution in [2.45, 2.75) is 58.0 Å². The molecule has 3 N–H and O–H groups in total. The highest BCUT2D eigenvalue weighted by Gasteiger charge is 2.54. The fraction of sp³-hybridized carbons (Fsp3) is 0.385. The fourth-order valence-corrected chi connectivity index (χ4v) is 5.26. The number of phosphoric acid groups is 1. The van der Waals surface area contributed by atoms with Crippen LogP contribution in [0.1, 0.15) is 35.4 Å². The molecule has 12 heteroatoms. The van der Waals surface area contributed by atoms with Gasteiger partial charge in [0.15, 0.2) is 6.23 Å². The molecule has 0 saturated carbocycles. The molecule has 0 radical (unpaired) electrons. The maximum atomic E-state index is 13.7. The quantitative estimate of drug-likeness (QED) is 0.326. The third-order valence-corrected chi connectivity index (χ3v) is 7.89. The van der Waals surface area contributed by atoms with E-state index < -0.39 is 49.7 Å². The number of hydrogen-bond acceptors (Lipinski definition) is 9. The fourth-order valence-electron chi connectivity index (χ4n) is 4.11. The van der Waals surface area contributed by atoms with E-state index in [1.807, 2.05) is 62.4 Å². The first-order valence-corrected chi connectivity index (χ1v) is 13.5. The summed E-state index contributed by atoms with van der Waals surface area (Å²) < 4.78 is 37.3. The molecule has 1 aliphatic heterocycles. The molecule has 1 saturated heterocycles. The molecule has 204 valence electrons. The lowest BCUT2D eigenvalue weighted by molar-refractivity contribution is -0.0988. The third kappa shape index (κ3) is 6.22. The summed E-state index contributed by atoms with van der Waals surface area (Å²) in [5.74, 6) is 0. The monoisotopic (exact) mass is 546 g/mol. The lowest BCUT2D eigenvalue weighted by Crippen LogP contribution is -2.46. The second kappa shape index (κ2) is 11.5. The molecule has 0 spiro atoms. The number of benzene rings is 2. The van der Waals surface area contributed by atoms with Crippen LogP contribution in [-0.4, -0.2) is 44.2 Å². The van der Waals surface area contributed by atoms with Crippen LogP contribution in [0, 0.1) is 13.8 Å². The van der Waals surface area contributed by atoms with E-state index in [2.05, 4.69) is 4.98 Å². The van der Waals surface area contributed by atoms with Gasteiger partial charge in [-0.05, 0) is 43.0 Å². The highest BCUT2D eigenvalue weighted by molar-refractivity contribution is 7.48. The number of aliphatic hydroxyl groups is 2. The number of aromatic amines is 1. The van der Waals surface area contributed by atoms with Gasteiger partial charge in [-0.3, -0.25) is 27.9 Å². The van der Waals surface area contributed by atoms with Gasteiger partial charge in [0.05, 0.1) is 19.8 Å². The zero-order valence-electron chi connectivity index (χ0n) is 21.3. The van der Waals surface area contributed by atoms with Gasteiger partial charge in [-0.15, -0.1) is 0 Å². The highest BCUT2D eigenvalue weighted by atomic mass is 31.2. The van der Waals surface area contributed by atoms with Gasteiger partial charge in [0.25, 0.3) is 5.56 Å². The molecule has 4 rings (SSSR count). The molecule has 1 aromatic heterocycles. The normalized spacial score (nSPS) is 23.6. The Hall–Kier alpha value is -2.89. The lowest BCUT2D eigenvalue weighted by atomic mass is 9.96. The van der Waals surface area contributed by atoms with Gasteiger partial charge in [0, 0.05) is 12.3 Å². The average Bonchev–Trinajstić information content (AvgIpc) is 3.10. The van der Waals surface area contributed by atoms with Gasteiger partial charge in [-0.25, -0.2) is 9.36 Å². The van der Waals surface area contributed by atoms with Crippen molar-refractivity contribution in [2.75, 3.05) is 6.61 Å². The van der Waals surface area contributed by atoms with Gasteiger partial charge in [0.2, 0.25) is 0 Å². The SMILES string of the molecule is Cc1ccccc1COP(=O)(OCc1ccccc1C)OC[C@H]1O[C@@H](n2ccc(=O)[nH]c2=O)[C@](C)(O)[C@@H]1O. The molecule has 0 aliphatic carbocycles. The van der Waals surface area contributed by atoms with Gasteiger partial charge in [0.1, 0.15) is 17.8 Å². The van der Waals surface area contributed by atoms with E-state index in [4.69, 9.17) is 18.3 Å². The summed E-state index contributed by atoms with van der Waals surface area (Å²) in [5, 5.41) is 21.7. The number of nitrogens with one attached hydrogen (secondary N) is 1. The van der Waals surface area contributed by atoms with Crippen LogP contribution in [-0.2, 0) is 36.1 Å². The maximum Gasteiger partial charge on any atom is 0.475 e. The number of ether oxygens (including phenoxy) is 1. The van der Waals surface area contributed by atoms with Crippen LogP contribution in [0.3, 0.4) is 0 Å². The molecular formula is C26H31N2O9P. The summed E-state index contributed by atoms with van der Waals surface area (Å²) in [6.07, 6.45) is -2.94. The van der Waals surface area contributed by atoms with E-state index >= 15 is 0 Å². The molecule has 38 heavy (non-hydrogen) atoms. The second-order valence-electron chi connectivity index (χ2n) is 9.36. The van der Waals surface area contributed by atoms with Crippen molar-refractivity contribution in [3.05, 3.63) is 104 Å². The van der Waals surface area contributed by atoms with E-state index in [9.17, 15) is 24.4 Å². The molecule has 1 aliphatic rings. The van der Waals surface area contributed by atoms with Gasteiger partial charge in [-0.1, -0.05) is 48.5 Å². The number of hydrogen-bond donors (Lipinski definition) is 3. The lowest BCUT2D eigenvalue weighted by Gasteiger charge is -2.27. The first-order chi connectivity index (χ1) is 18.0. The Morgan fingerprint density at radius 1 is 0.974 bits per heavy atom. The predicted octanol–water partition coefficient (Wildman–Crippen LogP) is 2.72.